The van der Waals surface area contributed by atoms with Crippen molar-refractivity contribution in [2.45, 2.75) is 18.9 Å². The second-order valence-electron chi connectivity index (χ2n) is 9.34. The number of rotatable bonds is 15. The smallest absolute Gasteiger partial charge is 0.304 e. The van der Waals surface area contributed by atoms with E-state index in [0.29, 0.717) is 37.6 Å². The highest BCUT2D eigenvalue weighted by molar-refractivity contribution is 5.95. The maximum absolute atomic E-state index is 13.1. The van der Waals surface area contributed by atoms with E-state index in [9.17, 15) is 19.5 Å². The summed E-state index contributed by atoms with van der Waals surface area (Å²) in [6, 6.07) is 14.3. The molecule has 4 N–H and O–H groups in total. The number of nitrogens with zero attached hydrogens (tertiary/aromatic N) is 2. The van der Waals surface area contributed by atoms with Gasteiger partial charge in [-0.05, 0) is 29.7 Å². The lowest BCUT2D eigenvalue weighted by molar-refractivity contribution is -0.144. The van der Waals surface area contributed by atoms with Crippen molar-refractivity contribution < 1.29 is 33.7 Å². The van der Waals surface area contributed by atoms with Gasteiger partial charge in [0, 0.05) is 32.9 Å². The molecule has 0 radical (unpaired) electrons. The fourth-order valence-corrected chi connectivity index (χ4v) is 4.51. The maximum Gasteiger partial charge on any atom is 0.304 e. The average Bonchev–Trinajstić information content (AvgIpc) is 3.20. The minimum absolute atomic E-state index is 0.00897. The van der Waals surface area contributed by atoms with Gasteiger partial charge >= 0.3 is 5.97 Å². The van der Waals surface area contributed by atoms with Crippen LogP contribution in [-0.2, 0) is 23.9 Å². The number of carboxylic acid groups (broad SMARTS) is 1. The highest BCUT2D eigenvalue weighted by atomic mass is 16.5. The number of aliphatic carboxylic acids is 1. The van der Waals surface area contributed by atoms with E-state index >= 15 is 0 Å². The van der Waals surface area contributed by atoms with Gasteiger partial charge in [0.2, 0.25) is 11.8 Å². The average molecular weight is 541 g/mol. The third-order valence-corrected chi connectivity index (χ3v) is 6.67. The SMILES string of the molecule is COCCN(CCOC)C(=O)CN1C(=O)[C@H](CC(=O)O)C[C@H]1COc1ccc(-c2ccc(C(=N)N)cc2)cc1. The van der Waals surface area contributed by atoms with E-state index in [1.807, 2.05) is 36.4 Å². The van der Waals surface area contributed by atoms with Crippen molar-refractivity contribution in [2.24, 2.45) is 11.7 Å². The fourth-order valence-electron chi connectivity index (χ4n) is 4.51. The van der Waals surface area contributed by atoms with Gasteiger partial charge in [0.25, 0.3) is 0 Å². The van der Waals surface area contributed by atoms with Gasteiger partial charge in [-0.25, -0.2) is 0 Å². The molecule has 0 aliphatic carbocycles. The zero-order valence-electron chi connectivity index (χ0n) is 22.3. The van der Waals surface area contributed by atoms with Gasteiger partial charge in [-0.3, -0.25) is 19.8 Å². The van der Waals surface area contributed by atoms with Gasteiger partial charge in [0.15, 0.2) is 0 Å². The highest BCUT2D eigenvalue weighted by Crippen LogP contribution is 2.29. The second kappa shape index (κ2) is 14.3. The van der Waals surface area contributed by atoms with E-state index in [0.717, 1.165) is 11.1 Å². The number of carboxylic acids is 1. The first kappa shape index (κ1) is 29.6. The standard InChI is InChI=1S/C28H36N4O7/c1-37-13-11-31(12-14-38-2)25(33)17-32-23(15-22(28(32)36)16-26(34)35)18-39-24-9-7-20(8-10-24)19-3-5-21(6-4-19)27(29)30/h3-10,22-23H,11-18H2,1-2H3,(H3,29,30)(H,34,35)/t22-,23-/m0/s1. The molecule has 0 saturated carbocycles. The normalized spacial score (nSPS) is 16.8. The van der Waals surface area contributed by atoms with Crippen molar-refractivity contribution in [3.8, 4) is 16.9 Å². The molecule has 210 valence electrons. The Hall–Kier alpha value is -3.96. The molecule has 11 nitrogen and oxygen atoms in total. The number of nitrogen functional groups attached to an aromatic ring is 1. The molecule has 1 saturated heterocycles. The molecule has 2 aromatic carbocycles. The van der Waals surface area contributed by atoms with Crippen molar-refractivity contribution in [1.82, 2.24) is 9.80 Å². The molecule has 2 atom stereocenters. The minimum Gasteiger partial charge on any atom is -0.491 e. The molecule has 0 spiro atoms. The van der Waals surface area contributed by atoms with Crippen LogP contribution in [0.5, 0.6) is 5.75 Å². The minimum atomic E-state index is -1.06. The number of carbonyl (C=O) groups is 3. The number of amidine groups is 1. The molecule has 39 heavy (non-hydrogen) atoms. The Morgan fingerprint density at radius 3 is 2.10 bits per heavy atom. The Labute approximate surface area is 227 Å². The van der Waals surface area contributed by atoms with Gasteiger partial charge in [-0.1, -0.05) is 36.4 Å². The number of hydrogen-bond acceptors (Lipinski definition) is 7. The molecule has 0 bridgehead atoms. The largest absolute Gasteiger partial charge is 0.491 e. The van der Waals surface area contributed by atoms with Crippen molar-refractivity contribution in [1.29, 1.82) is 5.41 Å². The number of ether oxygens (including phenoxy) is 3. The van der Waals surface area contributed by atoms with Gasteiger partial charge in [0.05, 0.1) is 31.6 Å². The predicted molar refractivity (Wildman–Crippen MR) is 145 cm³/mol. The lowest BCUT2D eigenvalue weighted by Crippen LogP contribution is -2.47. The van der Waals surface area contributed by atoms with Crippen molar-refractivity contribution in [3.05, 3.63) is 54.1 Å². The molecule has 3 rings (SSSR count). The zero-order valence-corrected chi connectivity index (χ0v) is 22.3. The molecule has 1 aliphatic rings. The zero-order chi connectivity index (χ0) is 28.4. The molecule has 1 aliphatic heterocycles. The Morgan fingerprint density at radius 2 is 1.59 bits per heavy atom. The number of amides is 2. The van der Waals surface area contributed by atoms with Crippen LogP contribution in [0.2, 0.25) is 0 Å². The quantitative estimate of drug-likeness (QED) is 0.228. The van der Waals surface area contributed by atoms with E-state index in [1.165, 1.54) is 4.90 Å². The van der Waals surface area contributed by atoms with Crippen LogP contribution >= 0.6 is 0 Å². The Kier molecular flexibility index (Phi) is 10.8. The van der Waals surface area contributed by atoms with Crippen LogP contribution in [0.1, 0.15) is 18.4 Å². The third-order valence-electron chi connectivity index (χ3n) is 6.67. The summed E-state index contributed by atoms with van der Waals surface area (Å²) in [4.78, 5) is 40.5. The van der Waals surface area contributed by atoms with Gasteiger partial charge in [0.1, 0.15) is 24.7 Å². The van der Waals surface area contributed by atoms with Crippen LogP contribution in [0, 0.1) is 11.3 Å². The first-order chi connectivity index (χ1) is 18.7. The summed E-state index contributed by atoms with van der Waals surface area (Å²) >= 11 is 0. The van der Waals surface area contributed by atoms with Crippen LogP contribution in [0.25, 0.3) is 11.1 Å². The molecule has 1 heterocycles. The number of nitrogens with one attached hydrogen (secondary N) is 1. The Morgan fingerprint density at radius 1 is 1.03 bits per heavy atom. The van der Waals surface area contributed by atoms with E-state index in [2.05, 4.69) is 0 Å². The number of carbonyl (C=O) groups excluding carboxylic acids is 2. The van der Waals surface area contributed by atoms with Gasteiger partial charge in [-0.2, -0.15) is 0 Å². The van der Waals surface area contributed by atoms with E-state index in [-0.39, 0.29) is 43.6 Å². The number of nitrogens with two attached hydrogens (primary N) is 1. The van der Waals surface area contributed by atoms with E-state index in [1.54, 1.807) is 31.3 Å². The van der Waals surface area contributed by atoms with Crippen LogP contribution in [0.4, 0.5) is 0 Å². The fraction of sp³-hybridized carbons (Fsp3) is 0.429. The Bertz CT molecular complexity index is 1130. The summed E-state index contributed by atoms with van der Waals surface area (Å²) in [7, 11) is 3.09. The van der Waals surface area contributed by atoms with Crippen LogP contribution in [0.15, 0.2) is 48.5 Å². The van der Waals surface area contributed by atoms with E-state index in [4.69, 9.17) is 25.4 Å². The summed E-state index contributed by atoms with van der Waals surface area (Å²) in [6.07, 6.45) is -0.0106. The van der Waals surface area contributed by atoms with Crippen LogP contribution < -0.4 is 10.5 Å². The summed E-state index contributed by atoms with van der Waals surface area (Å²) < 4.78 is 16.2. The van der Waals surface area contributed by atoms with Gasteiger partial charge < -0.3 is 34.9 Å². The first-order valence-corrected chi connectivity index (χ1v) is 12.7. The van der Waals surface area contributed by atoms with Crippen LogP contribution in [0.3, 0.4) is 0 Å². The predicted octanol–water partition coefficient (Wildman–Crippen LogP) is 1.83. The van der Waals surface area contributed by atoms with Crippen molar-refractivity contribution >= 4 is 23.6 Å². The second-order valence-corrected chi connectivity index (χ2v) is 9.34. The molecule has 0 unspecified atom stereocenters. The van der Waals surface area contributed by atoms with Crippen molar-refractivity contribution in [3.63, 3.8) is 0 Å². The third kappa shape index (κ3) is 8.26. The van der Waals surface area contributed by atoms with E-state index < -0.39 is 17.9 Å². The number of likely N-dealkylation sites (tertiary alicyclic amines) is 1. The van der Waals surface area contributed by atoms with Crippen LogP contribution in [-0.4, -0.2) is 98.2 Å². The monoisotopic (exact) mass is 540 g/mol. The molecule has 11 heteroatoms. The molecular weight excluding hydrogens is 504 g/mol. The maximum atomic E-state index is 13.1. The molecular formula is C28H36N4O7. The molecule has 2 aromatic rings. The number of hydrogen-bond donors (Lipinski definition) is 3. The summed E-state index contributed by atoms with van der Waals surface area (Å²) in [6.45, 7) is 1.33. The van der Waals surface area contributed by atoms with Crippen molar-refractivity contribution in [2.75, 3.05) is 53.7 Å². The molecule has 0 aromatic heterocycles. The molecule has 1 fully saturated rings. The first-order valence-electron chi connectivity index (χ1n) is 12.7. The summed E-state index contributed by atoms with van der Waals surface area (Å²) in [5.41, 5.74) is 8.08. The Balaban J connectivity index is 1.68. The number of benzene rings is 2. The highest BCUT2D eigenvalue weighted by Gasteiger charge is 2.42. The topological polar surface area (TPSA) is 155 Å². The molecule has 2 amide bonds. The summed E-state index contributed by atoms with van der Waals surface area (Å²) in [5, 5.41) is 16.8. The summed E-state index contributed by atoms with van der Waals surface area (Å²) in [5.74, 6) is -1.80. The number of methoxy groups -OCH3 is 2. The lowest BCUT2D eigenvalue weighted by Gasteiger charge is -2.28. The lowest BCUT2D eigenvalue weighted by atomic mass is 10.0. The van der Waals surface area contributed by atoms with Gasteiger partial charge in [-0.15, -0.1) is 0 Å².